The molecule has 0 saturated heterocycles. The summed E-state index contributed by atoms with van der Waals surface area (Å²) in [5.41, 5.74) is 6.21. The van der Waals surface area contributed by atoms with E-state index >= 15 is 0 Å². The molecule has 0 atom stereocenters. The lowest BCUT2D eigenvalue weighted by Crippen LogP contribution is -2.02. The Labute approximate surface area is 108 Å². The van der Waals surface area contributed by atoms with Crippen LogP contribution < -0.4 is 15.8 Å². The molecule has 17 heavy (non-hydrogen) atoms. The number of nitrogens with one attached hydrogen (secondary N) is 1. The third-order valence-corrected chi connectivity index (χ3v) is 3.39. The van der Waals surface area contributed by atoms with E-state index in [1.54, 1.807) is 13.2 Å². The molecule has 2 rings (SSSR count). The normalized spacial score (nSPS) is 10.2. The number of nitrogens with two attached hydrogens (primary N) is 1. The number of hydrogen-bond acceptors (Lipinski definition) is 5. The Morgan fingerprint density at radius 1 is 1.41 bits per heavy atom. The van der Waals surface area contributed by atoms with Gasteiger partial charge < -0.3 is 15.8 Å². The van der Waals surface area contributed by atoms with Crippen LogP contribution in [-0.2, 0) is 6.54 Å². The molecule has 0 saturated carbocycles. The van der Waals surface area contributed by atoms with E-state index in [1.807, 2.05) is 18.2 Å². The van der Waals surface area contributed by atoms with E-state index in [-0.39, 0.29) is 0 Å². The number of ether oxygens (including phenoxy) is 1. The third-order valence-electron chi connectivity index (χ3n) is 2.16. The van der Waals surface area contributed by atoms with Gasteiger partial charge in [-0.3, -0.25) is 0 Å². The van der Waals surface area contributed by atoms with E-state index < -0.39 is 0 Å². The molecular weight excluding hydrogens is 258 g/mol. The second kappa shape index (κ2) is 5.25. The first kappa shape index (κ1) is 12.0. The first-order valence-electron chi connectivity index (χ1n) is 4.97. The van der Waals surface area contributed by atoms with Crippen molar-refractivity contribution in [1.82, 2.24) is 4.98 Å². The monoisotopic (exact) mass is 269 g/mol. The molecule has 3 N–H and O–H groups in total. The van der Waals surface area contributed by atoms with Crippen molar-refractivity contribution in [2.75, 3.05) is 18.2 Å². The number of halogens is 1. The maximum Gasteiger partial charge on any atom is 0.238 e. The molecule has 0 radical (unpaired) electrons. The third kappa shape index (κ3) is 3.01. The smallest absolute Gasteiger partial charge is 0.238 e. The van der Waals surface area contributed by atoms with Crippen molar-refractivity contribution in [3.05, 3.63) is 33.5 Å². The van der Waals surface area contributed by atoms with Crippen LogP contribution in [-0.4, -0.2) is 12.1 Å². The fourth-order valence-corrected chi connectivity index (χ4v) is 2.36. The second-order valence-electron chi connectivity index (χ2n) is 3.35. The zero-order valence-electron chi connectivity index (χ0n) is 9.24. The van der Waals surface area contributed by atoms with Crippen LogP contribution in [0.5, 0.6) is 5.88 Å². The molecule has 2 aromatic heterocycles. The summed E-state index contributed by atoms with van der Waals surface area (Å²) >= 11 is 7.39. The van der Waals surface area contributed by atoms with Gasteiger partial charge in [0.05, 0.1) is 23.7 Å². The number of nitrogens with zero attached hydrogens (tertiary/aromatic N) is 1. The van der Waals surface area contributed by atoms with Crippen molar-refractivity contribution >= 4 is 34.4 Å². The highest BCUT2D eigenvalue weighted by Crippen LogP contribution is 2.23. The minimum Gasteiger partial charge on any atom is -0.479 e. The first-order chi connectivity index (χ1) is 8.19. The van der Waals surface area contributed by atoms with Crippen molar-refractivity contribution in [1.29, 1.82) is 0 Å². The molecule has 0 aliphatic heterocycles. The molecule has 0 aliphatic carbocycles. The number of pyridine rings is 1. The summed E-state index contributed by atoms with van der Waals surface area (Å²) < 4.78 is 5.83. The number of hydrogen-bond donors (Lipinski definition) is 2. The summed E-state index contributed by atoms with van der Waals surface area (Å²) in [6.45, 7) is 0.678. The topological polar surface area (TPSA) is 60.2 Å². The number of anilines is 2. The fraction of sp³-hybridized carbons (Fsp3) is 0.182. The predicted molar refractivity (Wildman–Crippen MR) is 71.9 cm³/mol. The zero-order chi connectivity index (χ0) is 12.3. The van der Waals surface area contributed by atoms with Crippen molar-refractivity contribution in [3.63, 3.8) is 0 Å². The van der Waals surface area contributed by atoms with Crippen LogP contribution in [0.25, 0.3) is 0 Å². The van der Waals surface area contributed by atoms with Crippen molar-refractivity contribution < 1.29 is 4.74 Å². The maximum absolute atomic E-state index is 5.85. The van der Waals surface area contributed by atoms with Crippen LogP contribution in [0.1, 0.15) is 4.88 Å². The number of methoxy groups -OCH3 is 1. The Morgan fingerprint density at radius 3 is 2.88 bits per heavy atom. The average molecular weight is 270 g/mol. The molecule has 0 aromatic carbocycles. The molecule has 2 heterocycles. The van der Waals surface area contributed by atoms with E-state index in [0.717, 1.165) is 15.0 Å². The summed E-state index contributed by atoms with van der Waals surface area (Å²) in [4.78, 5) is 5.37. The van der Waals surface area contributed by atoms with Gasteiger partial charge in [-0.25, -0.2) is 0 Å². The van der Waals surface area contributed by atoms with Gasteiger partial charge >= 0.3 is 0 Å². The fourth-order valence-electron chi connectivity index (χ4n) is 1.34. The van der Waals surface area contributed by atoms with Gasteiger partial charge in [-0.05, 0) is 24.3 Å². The number of thiophene rings is 1. The zero-order valence-corrected chi connectivity index (χ0v) is 10.8. The largest absolute Gasteiger partial charge is 0.479 e. The highest BCUT2D eigenvalue weighted by atomic mass is 35.5. The lowest BCUT2D eigenvalue weighted by Gasteiger charge is -2.07. The van der Waals surface area contributed by atoms with Gasteiger partial charge in [-0.2, -0.15) is 4.98 Å². The highest BCUT2D eigenvalue weighted by molar-refractivity contribution is 7.16. The van der Waals surface area contributed by atoms with Crippen molar-refractivity contribution in [2.45, 2.75) is 6.54 Å². The van der Waals surface area contributed by atoms with Gasteiger partial charge in [0.2, 0.25) is 5.88 Å². The van der Waals surface area contributed by atoms with E-state index in [1.165, 1.54) is 11.3 Å². The number of aromatic nitrogens is 1. The minimum atomic E-state index is 0.430. The summed E-state index contributed by atoms with van der Waals surface area (Å²) in [7, 11) is 1.54. The quantitative estimate of drug-likeness (QED) is 0.896. The molecule has 0 amide bonds. The summed E-state index contributed by atoms with van der Waals surface area (Å²) in [6, 6.07) is 7.43. The van der Waals surface area contributed by atoms with Crippen molar-refractivity contribution in [2.24, 2.45) is 0 Å². The van der Waals surface area contributed by atoms with Gasteiger partial charge in [0, 0.05) is 4.88 Å². The second-order valence-corrected chi connectivity index (χ2v) is 5.15. The van der Waals surface area contributed by atoms with Crippen LogP contribution in [0.4, 0.5) is 11.5 Å². The Bertz CT molecular complexity index is 515. The standard InChI is InChI=1S/C11H12ClN3OS/c1-16-11-8(13)3-5-10(15-11)14-6-7-2-4-9(12)17-7/h2-5H,6,13H2,1H3,(H,14,15). The summed E-state index contributed by atoms with van der Waals surface area (Å²) in [5, 5.41) is 3.18. The molecule has 0 unspecified atom stereocenters. The van der Waals surface area contributed by atoms with Crippen molar-refractivity contribution in [3.8, 4) is 5.88 Å². The van der Waals surface area contributed by atoms with E-state index in [4.69, 9.17) is 22.1 Å². The SMILES string of the molecule is COc1nc(NCc2ccc(Cl)s2)ccc1N. The van der Waals surface area contributed by atoms with E-state index in [0.29, 0.717) is 18.1 Å². The molecule has 0 fully saturated rings. The van der Waals surface area contributed by atoms with Gasteiger partial charge in [0.1, 0.15) is 5.82 Å². The lowest BCUT2D eigenvalue weighted by molar-refractivity contribution is 0.401. The highest BCUT2D eigenvalue weighted by Gasteiger charge is 2.03. The van der Waals surface area contributed by atoms with E-state index in [2.05, 4.69) is 10.3 Å². The molecule has 90 valence electrons. The summed E-state index contributed by atoms with van der Waals surface area (Å²) in [5.74, 6) is 1.15. The average Bonchev–Trinajstić information content (AvgIpc) is 2.74. The van der Waals surface area contributed by atoms with Crippen LogP contribution in [0.2, 0.25) is 4.34 Å². The summed E-state index contributed by atoms with van der Waals surface area (Å²) in [6.07, 6.45) is 0. The van der Waals surface area contributed by atoms with Crippen LogP contribution >= 0.6 is 22.9 Å². The van der Waals surface area contributed by atoms with E-state index in [9.17, 15) is 0 Å². The van der Waals surface area contributed by atoms with Gasteiger partial charge in [0.25, 0.3) is 0 Å². The minimum absolute atomic E-state index is 0.430. The molecule has 4 nitrogen and oxygen atoms in total. The van der Waals surface area contributed by atoms with Crippen LogP contribution in [0.15, 0.2) is 24.3 Å². The predicted octanol–water partition coefficient (Wildman–Crippen LogP) is 3.00. The molecule has 0 bridgehead atoms. The van der Waals surface area contributed by atoms with Crippen LogP contribution in [0, 0.1) is 0 Å². The molecule has 6 heteroatoms. The lowest BCUT2D eigenvalue weighted by atomic mass is 10.4. The Kier molecular flexibility index (Phi) is 3.71. The number of rotatable bonds is 4. The molecule has 2 aromatic rings. The molecular formula is C11H12ClN3OS. The van der Waals surface area contributed by atoms with Crippen LogP contribution in [0.3, 0.4) is 0 Å². The Morgan fingerprint density at radius 2 is 2.24 bits per heavy atom. The molecule has 0 aliphatic rings. The van der Waals surface area contributed by atoms with Gasteiger partial charge in [-0.15, -0.1) is 11.3 Å². The Balaban J connectivity index is 2.04. The Hall–Kier alpha value is -1.46. The first-order valence-corrected chi connectivity index (χ1v) is 6.17. The molecule has 0 spiro atoms. The van der Waals surface area contributed by atoms with Gasteiger partial charge in [-0.1, -0.05) is 11.6 Å². The van der Waals surface area contributed by atoms with Gasteiger partial charge in [0.15, 0.2) is 0 Å². The number of nitrogen functional groups attached to an aromatic ring is 1. The maximum atomic E-state index is 5.85.